The summed E-state index contributed by atoms with van der Waals surface area (Å²) in [4.78, 5) is 14.2. The molecule has 0 fully saturated rings. The Morgan fingerprint density at radius 1 is 1.62 bits per heavy atom. The van der Waals surface area contributed by atoms with Gasteiger partial charge >= 0.3 is 5.69 Å². The smallest absolute Gasteiger partial charge is 0.258 e. The van der Waals surface area contributed by atoms with E-state index in [1.54, 1.807) is 12.3 Å². The van der Waals surface area contributed by atoms with E-state index in [2.05, 4.69) is 23.6 Å². The summed E-state index contributed by atoms with van der Waals surface area (Å²) >= 11 is 1.21. The average Bonchev–Trinajstić information content (AvgIpc) is 2.24. The number of hydrogen-bond donors (Lipinski definition) is 1. The summed E-state index contributed by atoms with van der Waals surface area (Å²) in [7, 11) is 0. The molecular formula is C10H15N3O2S. The Bertz CT molecular complexity index is 358. The molecule has 16 heavy (non-hydrogen) atoms. The molecule has 0 saturated carbocycles. The van der Waals surface area contributed by atoms with Crippen LogP contribution in [0.15, 0.2) is 23.4 Å². The zero-order valence-electron chi connectivity index (χ0n) is 9.34. The van der Waals surface area contributed by atoms with Crippen LogP contribution in [0.1, 0.15) is 20.3 Å². The molecule has 1 N–H and O–H groups in total. The van der Waals surface area contributed by atoms with Gasteiger partial charge in [-0.15, -0.1) is 0 Å². The summed E-state index contributed by atoms with van der Waals surface area (Å²) in [6.07, 6.45) is 2.59. The van der Waals surface area contributed by atoms with Crippen molar-refractivity contribution in [3.63, 3.8) is 0 Å². The van der Waals surface area contributed by atoms with E-state index in [4.69, 9.17) is 0 Å². The summed E-state index contributed by atoms with van der Waals surface area (Å²) in [5.41, 5.74) is 0.0459. The van der Waals surface area contributed by atoms with Crippen LogP contribution >= 0.6 is 11.9 Å². The van der Waals surface area contributed by atoms with Crippen molar-refractivity contribution >= 4 is 17.6 Å². The number of pyridine rings is 1. The van der Waals surface area contributed by atoms with E-state index in [-0.39, 0.29) is 5.69 Å². The summed E-state index contributed by atoms with van der Waals surface area (Å²) in [5.74, 6) is 0.617. The van der Waals surface area contributed by atoms with Crippen LogP contribution in [0.3, 0.4) is 0 Å². The topological polar surface area (TPSA) is 68.1 Å². The van der Waals surface area contributed by atoms with E-state index in [1.165, 1.54) is 18.0 Å². The lowest BCUT2D eigenvalue weighted by atomic mass is 10.1. The molecule has 0 radical (unpaired) electrons. The van der Waals surface area contributed by atoms with Gasteiger partial charge in [0, 0.05) is 18.8 Å². The van der Waals surface area contributed by atoms with Crippen molar-refractivity contribution in [2.75, 3.05) is 6.54 Å². The van der Waals surface area contributed by atoms with E-state index < -0.39 is 4.92 Å². The van der Waals surface area contributed by atoms with Gasteiger partial charge in [0.25, 0.3) is 0 Å². The number of rotatable bonds is 6. The Balaban J connectivity index is 2.50. The lowest BCUT2D eigenvalue weighted by Crippen LogP contribution is -2.09. The molecule has 1 aromatic rings. The van der Waals surface area contributed by atoms with Crippen LogP contribution < -0.4 is 4.72 Å². The van der Waals surface area contributed by atoms with Crippen LogP contribution in [0, 0.1) is 16.0 Å². The number of aromatic nitrogens is 1. The lowest BCUT2D eigenvalue weighted by molar-refractivity contribution is -0.388. The zero-order chi connectivity index (χ0) is 12.0. The van der Waals surface area contributed by atoms with Crippen molar-refractivity contribution in [3.8, 4) is 0 Å². The molecule has 0 unspecified atom stereocenters. The summed E-state index contributed by atoms with van der Waals surface area (Å²) < 4.78 is 3.08. The van der Waals surface area contributed by atoms with E-state index in [0.29, 0.717) is 10.9 Å². The van der Waals surface area contributed by atoms with Gasteiger partial charge in [0.2, 0.25) is 0 Å². The summed E-state index contributed by atoms with van der Waals surface area (Å²) in [6.45, 7) is 5.08. The molecule has 1 rings (SSSR count). The highest BCUT2D eigenvalue weighted by Gasteiger charge is 2.14. The summed E-state index contributed by atoms with van der Waals surface area (Å²) in [6, 6.07) is 3.02. The van der Waals surface area contributed by atoms with Crippen molar-refractivity contribution in [1.29, 1.82) is 0 Å². The van der Waals surface area contributed by atoms with Gasteiger partial charge in [0.15, 0.2) is 5.03 Å². The van der Waals surface area contributed by atoms with Crippen molar-refractivity contribution in [1.82, 2.24) is 9.71 Å². The predicted octanol–water partition coefficient (Wildman–Crippen LogP) is 2.63. The minimum atomic E-state index is -0.417. The van der Waals surface area contributed by atoms with Gasteiger partial charge in [-0.25, -0.2) is 4.98 Å². The monoisotopic (exact) mass is 241 g/mol. The molecular weight excluding hydrogens is 226 g/mol. The van der Waals surface area contributed by atoms with E-state index >= 15 is 0 Å². The van der Waals surface area contributed by atoms with Crippen LogP contribution in [0.4, 0.5) is 5.69 Å². The third-order valence-electron chi connectivity index (χ3n) is 1.94. The Morgan fingerprint density at radius 3 is 3.00 bits per heavy atom. The molecule has 0 aromatic carbocycles. The Labute approximate surface area is 98.9 Å². The third-order valence-corrected chi connectivity index (χ3v) is 2.80. The number of nitrogens with zero attached hydrogens (tertiary/aromatic N) is 2. The first-order chi connectivity index (χ1) is 7.61. The zero-order valence-corrected chi connectivity index (χ0v) is 10.2. The van der Waals surface area contributed by atoms with E-state index in [0.717, 1.165) is 13.0 Å². The molecule has 0 atom stereocenters. The SMILES string of the molecule is CC(C)CCNSc1ncccc1[N+](=O)[O-]. The van der Waals surface area contributed by atoms with E-state index in [1.807, 2.05) is 0 Å². The Hall–Kier alpha value is -1.14. The third kappa shape index (κ3) is 4.16. The lowest BCUT2D eigenvalue weighted by Gasteiger charge is -2.05. The molecule has 0 spiro atoms. The molecule has 0 aliphatic carbocycles. The largest absolute Gasteiger partial charge is 0.302 e. The standard InChI is InChI=1S/C10H15N3O2S/c1-8(2)5-7-12-16-10-9(13(14)15)4-3-6-11-10/h3-4,6,8,12H,5,7H2,1-2H3. The molecule has 0 amide bonds. The Kier molecular flexibility index (Phi) is 5.21. The van der Waals surface area contributed by atoms with Crippen molar-refractivity contribution in [2.24, 2.45) is 5.92 Å². The fourth-order valence-electron chi connectivity index (χ4n) is 1.07. The molecule has 6 heteroatoms. The van der Waals surface area contributed by atoms with Crippen LogP contribution in [0.25, 0.3) is 0 Å². The highest BCUT2D eigenvalue weighted by Crippen LogP contribution is 2.23. The predicted molar refractivity (Wildman–Crippen MR) is 64.2 cm³/mol. The van der Waals surface area contributed by atoms with Crippen LogP contribution in [0.5, 0.6) is 0 Å². The quantitative estimate of drug-likeness (QED) is 0.359. The Morgan fingerprint density at radius 2 is 2.38 bits per heavy atom. The van der Waals surface area contributed by atoms with Crippen LogP contribution in [-0.4, -0.2) is 16.5 Å². The minimum Gasteiger partial charge on any atom is -0.258 e. The highest BCUT2D eigenvalue weighted by molar-refractivity contribution is 7.97. The molecule has 0 aliphatic heterocycles. The first kappa shape index (κ1) is 12.9. The van der Waals surface area contributed by atoms with Gasteiger partial charge in [-0.2, -0.15) is 0 Å². The fraction of sp³-hybridized carbons (Fsp3) is 0.500. The second kappa shape index (κ2) is 6.44. The second-order valence-electron chi connectivity index (χ2n) is 3.76. The van der Waals surface area contributed by atoms with Gasteiger partial charge < -0.3 is 0 Å². The number of hydrogen-bond acceptors (Lipinski definition) is 5. The van der Waals surface area contributed by atoms with Crippen molar-refractivity contribution < 1.29 is 4.92 Å². The number of nitrogens with one attached hydrogen (secondary N) is 1. The van der Waals surface area contributed by atoms with E-state index in [9.17, 15) is 10.1 Å². The molecule has 0 saturated heterocycles. The molecule has 1 aromatic heterocycles. The first-order valence-corrected chi connectivity index (χ1v) is 5.92. The molecule has 1 heterocycles. The van der Waals surface area contributed by atoms with Crippen molar-refractivity contribution in [2.45, 2.75) is 25.3 Å². The molecule has 5 nitrogen and oxygen atoms in total. The molecule has 0 bridgehead atoms. The number of nitro groups is 1. The van der Waals surface area contributed by atoms with Crippen molar-refractivity contribution in [3.05, 3.63) is 28.4 Å². The normalized spacial score (nSPS) is 10.7. The van der Waals surface area contributed by atoms with Gasteiger partial charge in [-0.05, 0) is 30.4 Å². The van der Waals surface area contributed by atoms with Gasteiger partial charge in [-0.3, -0.25) is 14.8 Å². The van der Waals surface area contributed by atoms with Gasteiger partial charge in [-0.1, -0.05) is 13.8 Å². The minimum absolute atomic E-state index is 0.0459. The maximum absolute atomic E-state index is 10.7. The summed E-state index contributed by atoms with van der Waals surface area (Å²) in [5, 5.41) is 11.1. The van der Waals surface area contributed by atoms with Gasteiger partial charge in [0.1, 0.15) is 0 Å². The van der Waals surface area contributed by atoms with Gasteiger partial charge in [0.05, 0.1) is 4.92 Å². The molecule has 88 valence electrons. The first-order valence-electron chi connectivity index (χ1n) is 5.10. The van der Waals surface area contributed by atoms with Crippen LogP contribution in [0.2, 0.25) is 0 Å². The average molecular weight is 241 g/mol. The maximum Gasteiger partial charge on any atom is 0.302 e. The van der Waals surface area contributed by atoms with Crippen LogP contribution in [-0.2, 0) is 0 Å². The molecule has 0 aliphatic rings. The second-order valence-corrected chi connectivity index (χ2v) is 4.64. The highest BCUT2D eigenvalue weighted by atomic mass is 32.2. The maximum atomic E-state index is 10.7. The fourth-order valence-corrected chi connectivity index (χ4v) is 1.78.